The van der Waals surface area contributed by atoms with Crippen molar-refractivity contribution in [2.75, 3.05) is 0 Å². The molecule has 4 bridgehead atoms. The first-order valence-corrected chi connectivity index (χ1v) is 7.75. The van der Waals surface area contributed by atoms with Crippen LogP contribution in [0.1, 0.15) is 40.0 Å². The van der Waals surface area contributed by atoms with Gasteiger partial charge in [-0.3, -0.25) is 4.79 Å². The summed E-state index contributed by atoms with van der Waals surface area (Å²) < 4.78 is 0. The van der Waals surface area contributed by atoms with Crippen molar-refractivity contribution in [1.29, 1.82) is 0 Å². The van der Waals surface area contributed by atoms with Crippen LogP contribution >= 0.6 is 0 Å². The molecule has 18 heavy (non-hydrogen) atoms. The van der Waals surface area contributed by atoms with Gasteiger partial charge in [0.2, 0.25) is 5.91 Å². The quantitative estimate of drug-likeness (QED) is 0.711. The first kappa shape index (κ1) is 11.3. The Morgan fingerprint density at radius 2 is 1.72 bits per heavy atom. The molecule has 0 aliphatic heterocycles. The Bertz CT molecular complexity index is 419. The van der Waals surface area contributed by atoms with E-state index in [-0.39, 0.29) is 11.3 Å². The van der Waals surface area contributed by atoms with Gasteiger partial charge in [-0.15, -0.1) is 0 Å². The lowest BCUT2D eigenvalue weighted by Crippen LogP contribution is -2.47. The molecule has 0 spiro atoms. The molecule has 1 amide bonds. The van der Waals surface area contributed by atoms with Crippen LogP contribution in [0.25, 0.3) is 0 Å². The largest absolute Gasteiger partial charge is 0.369 e. The maximum absolute atomic E-state index is 11.9. The van der Waals surface area contributed by atoms with Crippen LogP contribution in [-0.4, -0.2) is 5.91 Å². The van der Waals surface area contributed by atoms with Crippen LogP contribution in [0.2, 0.25) is 0 Å². The first-order chi connectivity index (χ1) is 8.45. The van der Waals surface area contributed by atoms with E-state index < -0.39 is 0 Å². The highest BCUT2D eigenvalue weighted by Gasteiger charge is 2.69. The number of primary amides is 1. The molecule has 0 radical (unpaired) electrons. The van der Waals surface area contributed by atoms with Crippen molar-refractivity contribution < 1.29 is 4.79 Å². The zero-order chi connectivity index (χ0) is 12.8. The normalized spacial score (nSPS) is 64.4. The van der Waals surface area contributed by atoms with Crippen molar-refractivity contribution in [3.63, 3.8) is 0 Å². The van der Waals surface area contributed by atoms with Crippen LogP contribution in [-0.2, 0) is 4.79 Å². The van der Waals surface area contributed by atoms with Gasteiger partial charge in [0.05, 0.1) is 0 Å². The van der Waals surface area contributed by atoms with E-state index in [2.05, 4.69) is 20.8 Å². The molecular formula is C16H25NO. The molecular weight excluding hydrogens is 222 g/mol. The average Bonchev–Trinajstić information content (AvgIpc) is 2.98. The van der Waals surface area contributed by atoms with E-state index in [0.29, 0.717) is 5.92 Å². The van der Waals surface area contributed by atoms with E-state index in [1.807, 2.05) is 0 Å². The molecule has 9 atom stereocenters. The highest BCUT2D eigenvalue weighted by molar-refractivity contribution is 5.81. The van der Waals surface area contributed by atoms with Gasteiger partial charge in [-0.1, -0.05) is 20.8 Å². The standard InChI is InChI=1S/C16H25NO/c1-7-8(2)11-5-10(7)13-9-4-12(14(11)13)16(3,6-9)15(17)18/h7-14H,4-6H2,1-3H3,(H2,17,18). The summed E-state index contributed by atoms with van der Waals surface area (Å²) in [4.78, 5) is 11.9. The molecule has 0 heterocycles. The zero-order valence-corrected chi connectivity index (χ0v) is 11.7. The Hall–Kier alpha value is -0.530. The molecule has 100 valence electrons. The van der Waals surface area contributed by atoms with E-state index in [1.54, 1.807) is 0 Å². The fraction of sp³-hybridized carbons (Fsp3) is 0.938. The van der Waals surface area contributed by atoms with Gasteiger partial charge in [-0.2, -0.15) is 0 Å². The second-order valence-electron chi connectivity index (χ2n) is 8.02. The van der Waals surface area contributed by atoms with Gasteiger partial charge in [0.1, 0.15) is 0 Å². The zero-order valence-electron chi connectivity index (χ0n) is 11.7. The smallest absolute Gasteiger partial charge is 0.223 e. The van der Waals surface area contributed by atoms with Gasteiger partial charge in [0.15, 0.2) is 0 Å². The van der Waals surface area contributed by atoms with E-state index >= 15 is 0 Å². The number of carbonyl (C=O) groups is 1. The molecule has 4 saturated carbocycles. The fourth-order valence-electron chi connectivity index (χ4n) is 6.86. The third-order valence-electron chi connectivity index (χ3n) is 7.79. The predicted molar refractivity (Wildman–Crippen MR) is 70.4 cm³/mol. The number of amides is 1. The van der Waals surface area contributed by atoms with Crippen LogP contribution in [0.15, 0.2) is 0 Å². The van der Waals surface area contributed by atoms with Crippen LogP contribution < -0.4 is 5.73 Å². The van der Waals surface area contributed by atoms with Crippen LogP contribution in [0.4, 0.5) is 0 Å². The Labute approximate surface area is 110 Å². The summed E-state index contributed by atoms with van der Waals surface area (Å²) in [5.41, 5.74) is 5.54. The van der Waals surface area contributed by atoms with Crippen molar-refractivity contribution >= 4 is 5.91 Å². The molecule has 4 rings (SSSR count). The molecule has 0 aromatic carbocycles. The topological polar surface area (TPSA) is 43.1 Å². The van der Waals surface area contributed by atoms with Crippen LogP contribution in [0.3, 0.4) is 0 Å². The molecule has 0 aromatic rings. The van der Waals surface area contributed by atoms with Gasteiger partial charge in [0, 0.05) is 5.41 Å². The van der Waals surface area contributed by atoms with E-state index in [0.717, 1.165) is 47.8 Å². The Balaban J connectivity index is 1.72. The summed E-state index contributed by atoms with van der Waals surface area (Å²) in [6.45, 7) is 7.06. The molecule has 4 fully saturated rings. The minimum absolute atomic E-state index is 0.0306. The average molecular weight is 247 g/mol. The maximum atomic E-state index is 11.9. The number of carbonyl (C=O) groups excluding carboxylic acids is 1. The number of fused-ring (bicyclic) bond motifs is 9. The molecule has 2 heteroatoms. The van der Waals surface area contributed by atoms with Crippen molar-refractivity contribution in [2.24, 2.45) is 58.5 Å². The lowest BCUT2D eigenvalue weighted by atomic mass is 9.58. The molecule has 2 N–H and O–H groups in total. The third-order valence-corrected chi connectivity index (χ3v) is 7.79. The SMILES string of the molecule is CC1C(C)C2CC1C1C3CC(C21)C(C)(C(N)=O)C3. The van der Waals surface area contributed by atoms with Gasteiger partial charge < -0.3 is 5.73 Å². The lowest BCUT2D eigenvalue weighted by molar-refractivity contribution is -0.133. The van der Waals surface area contributed by atoms with Crippen LogP contribution in [0.5, 0.6) is 0 Å². The summed E-state index contributed by atoms with van der Waals surface area (Å²) in [5, 5.41) is 0. The van der Waals surface area contributed by atoms with Crippen molar-refractivity contribution in [1.82, 2.24) is 0 Å². The molecule has 4 aliphatic rings. The van der Waals surface area contributed by atoms with Gasteiger partial charge in [0.25, 0.3) is 0 Å². The van der Waals surface area contributed by atoms with Crippen molar-refractivity contribution in [3.05, 3.63) is 0 Å². The van der Waals surface area contributed by atoms with Gasteiger partial charge in [-0.05, 0) is 66.6 Å². The van der Waals surface area contributed by atoms with Gasteiger partial charge in [-0.25, -0.2) is 0 Å². The summed E-state index contributed by atoms with van der Waals surface area (Å²) in [6.07, 6.45) is 3.82. The Morgan fingerprint density at radius 3 is 2.33 bits per heavy atom. The molecule has 9 unspecified atom stereocenters. The Morgan fingerprint density at radius 1 is 1.11 bits per heavy atom. The van der Waals surface area contributed by atoms with E-state index in [1.165, 1.54) is 12.8 Å². The van der Waals surface area contributed by atoms with Crippen molar-refractivity contribution in [2.45, 2.75) is 40.0 Å². The minimum atomic E-state index is -0.181. The van der Waals surface area contributed by atoms with E-state index in [4.69, 9.17) is 5.73 Å². The van der Waals surface area contributed by atoms with Gasteiger partial charge >= 0.3 is 0 Å². The van der Waals surface area contributed by atoms with Crippen molar-refractivity contribution in [3.8, 4) is 0 Å². The number of hydrogen-bond donors (Lipinski definition) is 1. The third kappa shape index (κ3) is 1.02. The van der Waals surface area contributed by atoms with Crippen LogP contribution in [0, 0.1) is 52.8 Å². The molecule has 2 nitrogen and oxygen atoms in total. The molecule has 0 aromatic heterocycles. The monoisotopic (exact) mass is 247 g/mol. The Kier molecular flexibility index (Phi) is 1.97. The summed E-state index contributed by atoms with van der Waals surface area (Å²) in [6, 6.07) is 0. The maximum Gasteiger partial charge on any atom is 0.223 e. The summed E-state index contributed by atoms with van der Waals surface area (Å²) >= 11 is 0. The highest BCUT2D eigenvalue weighted by atomic mass is 16.1. The second kappa shape index (κ2) is 3.13. The second-order valence-corrected chi connectivity index (χ2v) is 8.02. The molecule has 0 saturated heterocycles. The summed E-state index contributed by atoms with van der Waals surface area (Å²) in [5.74, 6) is 6.79. The summed E-state index contributed by atoms with van der Waals surface area (Å²) in [7, 11) is 0. The highest BCUT2D eigenvalue weighted by Crippen LogP contribution is 2.73. The number of hydrogen-bond acceptors (Lipinski definition) is 1. The molecule has 4 aliphatic carbocycles. The predicted octanol–water partition coefficient (Wildman–Crippen LogP) is 2.67. The first-order valence-electron chi connectivity index (χ1n) is 7.75. The lowest BCUT2D eigenvalue weighted by Gasteiger charge is -2.46. The van der Waals surface area contributed by atoms with E-state index in [9.17, 15) is 4.79 Å². The fourth-order valence-corrected chi connectivity index (χ4v) is 6.86. The minimum Gasteiger partial charge on any atom is -0.369 e. The number of nitrogens with two attached hydrogens (primary N) is 1. The number of rotatable bonds is 1.